The first kappa shape index (κ1) is 24.9. The van der Waals surface area contributed by atoms with Crippen LogP contribution in [0.3, 0.4) is 0 Å². The Morgan fingerprint density at radius 3 is 1.76 bits per heavy atom. The average Bonchev–Trinajstić information content (AvgIpc) is 3.57. The summed E-state index contributed by atoms with van der Waals surface area (Å²) < 4.78 is 0. The van der Waals surface area contributed by atoms with Gasteiger partial charge in [0, 0.05) is 15.2 Å². The second-order valence-electron chi connectivity index (χ2n) is 12.8. The molecule has 0 aromatic heterocycles. The predicted molar refractivity (Wildman–Crippen MR) is 193 cm³/mol. The molecule has 46 heavy (non-hydrogen) atoms. The fourth-order valence-corrected chi connectivity index (χ4v) is 10.1. The molecule has 8 aromatic rings. The Morgan fingerprint density at radius 2 is 0.935 bits per heavy atom. The van der Waals surface area contributed by atoms with Crippen molar-refractivity contribution in [3.63, 3.8) is 0 Å². The van der Waals surface area contributed by atoms with Crippen molar-refractivity contribution in [1.29, 1.82) is 0 Å². The maximum atomic E-state index is 2.48. The largest absolute Gasteiger partial charge is 0.0888 e. The summed E-state index contributed by atoms with van der Waals surface area (Å²) >= 11 is 1.91. The molecule has 1 unspecified atom stereocenters. The van der Waals surface area contributed by atoms with Crippen LogP contribution in [-0.2, 0) is 5.41 Å². The molecule has 1 spiro atoms. The van der Waals surface area contributed by atoms with E-state index >= 15 is 0 Å². The predicted octanol–water partition coefficient (Wildman–Crippen LogP) is 12.1. The minimum absolute atomic E-state index is 0.410. The van der Waals surface area contributed by atoms with Crippen molar-refractivity contribution in [3.05, 3.63) is 180 Å². The summed E-state index contributed by atoms with van der Waals surface area (Å²) in [7, 11) is 0. The average molecular weight is 599 g/mol. The Balaban J connectivity index is 1.27. The second kappa shape index (κ2) is 8.88. The Bertz CT molecular complexity index is 2630. The highest BCUT2D eigenvalue weighted by Gasteiger charge is 2.52. The molecule has 212 valence electrons. The molecule has 1 heterocycles. The van der Waals surface area contributed by atoms with E-state index in [9.17, 15) is 0 Å². The van der Waals surface area contributed by atoms with Gasteiger partial charge in [-0.15, -0.1) is 0 Å². The lowest BCUT2D eigenvalue weighted by molar-refractivity contribution is 0.797. The van der Waals surface area contributed by atoms with Gasteiger partial charge in [-0.05, 0) is 113 Å². The maximum Gasteiger partial charge on any atom is 0.0731 e. The number of rotatable bonds is 1. The van der Waals surface area contributed by atoms with Gasteiger partial charge in [0.25, 0.3) is 0 Å². The number of hydrogen-bond donors (Lipinski definition) is 0. The van der Waals surface area contributed by atoms with Gasteiger partial charge in [0.1, 0.15) is 0 Å². The Morgan fingerprint density at radius 1 is 0.348 bits per heavy atom. The number of benzene rings is 8. The van der Waals surface area contributed by atoms with E-state index in [1.807, 2.05) is 11.8 Å². The molecule has 2 aliphatic carbocycles. The first-order chi connectivity index (χ1) is 22.8. The van der Waals surface area contributed by atoms with Crippen LogP contribution in [0.15, 0.2) is 168 Å². The fraction of sp³-hybridized carbons (Fsp3) is 0.0222. The normalized spacial score (nSPS) is 16.3. The highest BCUT2D eigenvalue weighted by molar-refractivity contribution is 7.99. The zero-order chi connectivity index (χ0) is 30.0. The summed E-state index contributed by atoms with van der Waals surface area (Å²) in [6, 6.07) is 59.5. The molecule has 8 aromatic carbocycles. The van der Waals surface area contributed by atoms with Gasteiger partial charge in [-0.3, -0.25) is 0 Å². The van der Waals surface area contributed by atoms with Crippen LogP contribution in [-0.4, -0.2) is 0 Å². The first-order valence-electron chi connectivity index (χ1n) is 16.0. The summed E-state index contributed by atoms with van der Waals surface area (Å²) in [5.41, 5.74) is 15.8. The van der Waals surface area contributed by atoms with Crippen molar-refractivity contribution in [2.75, 3.05) is 0 Å². The van der Waals surface area contributed by atoms with E-state index in [0.29, 0.717) is 0 Å². The van der Waals surface area contributed by atoms with Gasteiger partial charge in [-0.1, -0.05) is 139 Å². The summed E-state index contributed by atoms with van der Waals surface area (Å²) in [5, 5.41) is 5.24. The molecular formula is C45H26S. The van der Waals surface area contributed by atoms with Gasteiger partial charge < -0.3 is 0 Å². The van der Waals surface area contributed by atoms with Crippen molar-refractivity contribution < 1.29 is 0 Å². The smallest absolute Gasteiger partial charge is 0.0731 e. The third-order valence-electron chi connectivity index (χ3n) is 10.6. The van der Waals surface area contributed by atoms with Crippen LogP contribution in [0.25, 0.3) is 66.1 Å². The highest BCUT2D eigenvalue weighted by Crippen LogP contribution is 2.65. The van der Waals surface area contributed by atoms with E-state index in [1.165, 1.54) is 98.1 Å². The standard InChI is InChI=1S/C45H26S/c1-2-12-28-25-40-37(24-27(28)11-1)33-15-4-7-21-39(33)45(40)38-20-6-3-14-32(38)36-19-10-17-31(44(36)45)30-23-29-13-9-18-35-34-16-5-8-22-41(34)46-42(26-30)43(29)35/h1-26H. The lowest BCUT2D eigenvalue weighted by Crippen LogP contribution is -2.26. The molecule has 1 atom stereocenters. The molecule has 0 nitrogen and oxygen atoms in total. The van der Waals surface area contributed by atoms with E-state index in [4.69, 9.17) is 0 Å². The quantitative estimate of drug-likeness (QED) is 0.181. The van der Waals surface area contributed by atoms with E-state index in [1.54, 1.807) is 0 Å². The van der Waals surface area contributed by atoms with Gasteiger partial charge in [0.2, 0.25) is 0 Å². The summed E-state index contributed by atoms with van der Waals surface area (Å²) in [6.45, 7) is 0. The van der Waals surface area contributed by atoms with Crippen LogP contribution >= 0.6 is 11.8 Å². The van der Waals surface area contributed by atoms with E-state index < -0.39 is 5.41 Å². The van der Waals surface area contributed by atoms with Crippen molar-refractivity contribution in [2.45, 2.75) is 15.2 Å². The molecule has 11 rings (SSSR count). The molecule has 3 aliphatic rings. The van der Waals surface area contributed by atoms with Crippen LogP contribution < -0.4 is 0 Å². The van der Waals surface area contributed by atoms with Crippen molar-refractivity contribution >= 4 is 33.3 Å². The van der Waals surface area contributed by atoms with Gasteiger partial charge in [-0.2, -0.15) is 0 Å². The lowest BCUT2D eigenvalue weighted by atomic mass is 9.68. The first-order valence-corrected chi connectivity index (χ1v) is 16.8. The zero-order valence-electron chi connectivity index (χ0n) is 24.9. The SMILES string of the molecule is c1ccc2c(c1)Sc1cc(-c3cccc4c3C3(c5ccccc5-c5cc6ccccc6cc53)c3ccccc3-4)cc3cccc-2c13. The van der Waals surface area contributed by atoms with Crippen LogP contribution in [0, 0.1) is 0 Å². The molecule has 1 heteroatoms. The number of hydrogen-bond acceptors (Lipinski definition) is 1. The van der Waals surface area contributed by atoms with Gasteiger partial charge in [0.15, 0.2) is 0 Å². The summed E-state index contributed by atoms with van der Waals surface area (Å²) in [6.07, 6.45) is 0. The third kappa shape index (κ3) is 3.02. The molecule has 0 bridgehead atoms. The van der Waals surface area contributed by atoms with Gasteiger partial charge in [0.05, 0.1) is 5.41 Å². The van der Waals surface area contributed by atoms with Crippen LogP contribution in [0.2, 0.25) is 0 Å². The van der Waals surface area contributed by atoms with Crippen molar-refractivity contribution in [1.82, 2.24) is 0 Å². The van der Waals surface area contributed by atoms with Gasteiger partial charge >= 0.3 is 0 Å². The Hall–Kier alpha value is -5.37. The fourth-order valence-electron chi connectivity index (χ4n) is 8.87. The molecular weight excluding hydrogens is 573 g/mol. The Kier molecular flexibility index (Phi) is 4.80. The minimum Gasteiger partial charge on any atom is -0.0888 e. The lowest BCUT2D eigenvalue weighted by Gasteiger charge is -2.32. The summed E-state index contributed by atoms with van der Waals surface area (Å²) in [4.78, 5) is 2.66. The molecule has 1 aliphatic heterocycles. The van der Waals surface area contributed by atoms with E-state index in [2.05, 4.69) is 158 Å². The Labute approximate surface area is 272 Å². The van der Waals surface area contributed by atoms with E-state index in [0.717, 1.165) is 0 Å². The molecule has 0 radical (unpaired) electrons. The highest BCUT2D eigenvalue weighted by atomic mass is 32.2. The maximum absolute atomic E-state index is 2.48. The molecule has 0 saturated heterocycles. The monoisotopic (exact) mass is 598 g/mol. The third-order valence-corrected chi connectivity index (χ3v) is 11.7. The topological polar surface area (TPSA) is 0 Å². The van der Waals surface area contributed by atoms with Crippen molar-refractivity contribution in [2.24, 2.45) is 0 Å². The zero-order valence-corrected chi connectivity index (χ0v) is 25.7. The molecule has 0 saturated carbocycles. The van der Waals surface area contributed by atoms with Crippen LogP contribution in [0.5, 0.6) is 0 Å². The van der Waals surface area contributed by atoms with Crippen molar-refractivity contribution in [3.8, 4) is 44.5 Å². The molecule has 0 amide bonds. The molecule has 0 N–H and O–H groups in total. The van der Waals surface area contributed by atoms with Gasteiger partial charge in [-0.25, -0.2) is 0 Å². The van der Waals surface area contributed by atoms with E-state index in [-0.39, 0.29) is 0 Å². The summed E-state index contributed by atoms with van der Waals surface area (Å²) in [5.74, 6) is 0. The minimum atomic E-state index is -0.410. The van der Waals surface area contributed by atoms with Crippen LogP contribution in [0.4, 0.5) is 0 Å². The number of fused-ring (bicyclic) bond motifs is 13. The molecule has 0 fully saturated rings. The van der Waals surface area contributed by atoms with Crippen LogP contribution in [0.1, 0.15) is 22.3 Å². The second-order valence-corrected chi connectivity index (χ2v) is 13.9.